The second kappa shape index (κ2) is 9.46. The number of rotatable bonds is 5. The lowest BCUT2D eigenvalue weighted by atomic mass is 9.62. The van der Waals surface area contributed by atoms with E-state index in [4.69, 9.17) is 16.3 Å². The van der Waals surface area contributed by atoms with Crippen molar-refractivity contribution in [1.29, 1.82) is 0 Å². The van der Waals surface area contributed by atoms with Gasteiger partial charge in [-0.05, 0) is 53.1 Å². The fraction of sp³-hybridized carbons (Fsp3) is 0.147. The lowest BCUT2D eigenvalue weighted by molar-refractivity contribution is -0.122. The quantitative estimate of drug-likeness (QED) is 0.289. The van der Waals surface area contributed by atoms with Crippen LogP contribution in [0.25, 0.3) is 6.08 Å². The normalized spacial score (nSPS) is 23.5. The molecule has 1 fully saturated rings. The van der Waals surface area contributed by atoms with Crippen molar-refractivity contribution in [2.24, 2.45) is 5.92 Å². The maximum atomic E-state index is 14.8. The Morgan fingerprint density at radius 1 is 0.902 bits per heavy atom. The van der Waals surface area contributed by atoms with Gasteiger partial charge in [0.1, 0.15) is 17.2 Å². The zero-order valence-corrected chi connectivity index (χ0v) is 22.8. The van der Waals surface area contributed by atoms with E-state index in [0.717, 1.165) is 11.1 Å². The summed E-state index contributed by atoms with van der Waals surface area (Å²) in [7, 11) is 1.54. The lowest BCUT2D eigenvalue weighted by Crippen LogP contribution is -2.49. The van der Waals surface area contributed by atoms with E-state index in [9.17, 15) is 14.4 Å². The van der Waals surface area contributed by atoms with Crippen LogP contribution in [0.5, 0.6) is 5.75 Å². The highest BCUT2D eigenvalue weighted by atomic mass is 35.5. The summed E-state index contributed by atoms with van der Waals surface area (Å²) in [5.74, 6) is -1.52. The topological polar surface area (TPSA) is 75.7 Å². The van der Waals surface area contributed by atoms with Gasteiger partial charge >= 0.3 is 0 Å². The number of fused-ring (bicyclic) bond motifs is 6. The van der Waals surface area contributed by atoms with Crippen LogP contribution in [-0.4, -0.2) is 35.5 Å². The molecule has 202 valence electrons. The molecule has 0 radical (unpaired) electrons. The summed E-state index contributed by atoms with van der Waals surface area (Å²) in [6.45, 7) is 0. The van der Waals surface area contributed by atoms with E-state index in [0.29, 0.717) is 22.6 Å². The number of Topliss-reactive ketones (excluding diaryl/α,β-unsaturated/α-hetero) is 2. The number of methoxy groups -OCH3 is 1. The average molecular weight is 561 g/mol. The van der Waals surface area contributed by atoms with Gasteiger partial charge in [0, 0.05) is 23.0 Å². The number of hydrogen-bond donors (Lipinski definition) is 1. The van der Waals surface area contributed by atoms with Gasteiger partial charge in [-0.3, -0.25) is 14.4 Å². The Kier molecular flexibility index (Phi) is 5.84. The third-order valence-corrected chi connectivity index (χ3v) is 8.94. The highest BCUT2D eigenvalue weighted by molar-refractivity contribution is 6.34. The molecule has 4 aromatic carbocycles. The minimum Gasteiger partial charge on any atom is -0.497 e. The van der Waals surface area contributed by atoms with Gasteiger partial charge in [0.2, 0.25) is 5.91 Å². The Morgan fingerprint density at radius 3 is 2.49 bits per heavy atom. The molecular weight excluding hydrogens is 536 g/mol. The highest BCUT2D eigenvalue weighted by Gasteiger charge is 2.70. The maximum Gasteiger partial charge on any atom is 0.238 e. The molecule has 1 spiro atoms. The smallest absolute Gasteiger partial charge is 0.238 e. The van der Waals surface area contributed by atoms with Gasteiger partial charge < -0.3 is 15.0 Å². The van der Waals surface area contributed by atoms with Crippen LogP contribution in [0, 0.1) is 5.92 Å². The van der Waals surface area contributed by atoms with Crippen molar-refractivity contribution >= 4 is 40.8 Å². The van der Waals surface area contributed by atoms with E-state index in [1.54, 1.807) is 48.5 Å². The Balaban J connectivity index is 1.54. The van der Waals surface area contributed by atoms with Crippen molar-refractivity contribution in [2.45, 2.75) is 17.5 Å². The Hall–Kier alpha value is -4.68. The number of benzene rings is 4. The van der Waals surface area contributed by atoms with E-state index in [1.165, 1.54) is 7.11 Å². The number of ether oxygens (including phenoxy) is 1. The first-order valence-corrected chi connectivity index (χ1v) is 13.8. The monoisotopic (exact) mass is 560 g/mol. The van der Waals surface area contributed by atoms with Crippen molar-refractivity contribution < 1.29 is 19.1 Å². The number of anilines is 1. The number of nitrogens with zero attached hydrogens (tertiary/aromatic N) is 1. The van der Waals surface area contributed by atoms with E-state index in [1.807, 2.05) is 65.7 Å². The summed E-state index contributed by atoms with van der Waals surface area (Å²) in [5, 5.41) is 3.33. The van der Waals surface area contributed by atoms with Crippen molar-refractivity contribution in [2.75, 3.05) is 12.4 Å². The Bertz CT molecular complexity index is 1780. The van der Waals surface area contributed by atoms with Crippen molar-refractivity contribution in [3.05, 3.63) is 136 Å². The van der Waals surface area contributed by atoms with Gasteiger partial charge in [-0.15, -0.1) is 0 Å². The largest absolute Gasteiger partial charge is 0.497 e. The molecule has 4 aromatic rings. The van der Waals surface area contributed by atoms with Crippen LogP contribution in [0.2, 0.25) is 5.02 Å². The van der Waals surface area contributed by atoms with Crippen LogP contribution in [-0.2, 0) is 10.2 Å². The number of nitrogens with one attached hydrogen (secondary N) is 1. The first-order chi connectivity index (χ1) is 20.0. The molecule has 4 atom stereocenters. The highest BCUT2D eigenvalue weighted by Crippen LogP contribution is 2.62. The van der Waals surface area contributed by atoms with Crippen LogP contribution < -0.4 is 10.1 Å². The summed E-state index contributed by atoms with van der Waals surface area (Å²) >= 11 is 6.60. The molecule has 1 saturated heterocycles. The minimum atomic E-state index is -1.41. The Morgan fingerprint density at radius 2 is 1.66 bits per heavy atom. The van der Waals surface area contributed by atoms with Crippen LogP contribution in [0.4, 0.5) is 5.69 Å². The van der Waals surface area contributed by atoms with Crippen LogP contribution in [0.3, 0.4) is 0 Å². The summed E-state index contributed by atoms with van der Waals surface area (Å²) in [6, 6.07) is 27.3. The molecule has 0 aromatic heterocycles. The molecule has 7 heteroatoms. The zero-order valence-electron chi connectivity index (χ0n) is 22.1. The summed E-state index contributed by atoms with van der Waals surface area (Å²) in [6.07, 6.45) is 3.79. The summed E-state index contributed by atoms with van der Waals surface area (Å²) in [4.78, 5) is 45.8. The van der Waals surface area contributed by atoms with E-state index < -0.39 is 23.4 Å². The molecular formula is C34H25ClN2O4. The van der Waals surface area contributed by atoms with Crippen LogP contribution in [0.15, 0.2) is 103 Å². The SMILES string of the molecule is COc1cccc(C(=O)[C@H]2[C@H](C(=O)c3ccccc3Cl)[C@]3(C(=O)Nc4ccccc43)[C@H]3c4ccccc4C=CN23)c1. The van der Waals surface area contributed by atoms with Crippen molar-refractivity contribution in [1.82, 2.24) is 4.90 Å². The molecule has 0 bridgehead atoms. The van der Waals surface area contributed by atoms with E-state index in [-0.39, 0.29) is 28.1 Å². The second-order valence-corrected chi connectivity index (χ2v) is 10.9. The number of amides is 1. The molecule has 1 N–H and O–H groups in total. The maximum absolute atomic E-state index is 14.8. The lowest BCUT2D eigenvalue weighted by Gasteiger charge is -2.38. The van der Waals surface area contributed by atoms with Crippen molar-refractivity contribution in [3.8, 4) is 5.75 Å². The first-order valence-electron chi connectivity index (χ1n) is 13.4. The third kappa shape index (κ3) is 3.54. The predicted molar refractivity (Wildman–Crippen MR) is 157 cm³/mol. The number of hydrogen-bond acceptors (Lipinski definition) is 5. The fourth-order valence-electron chi connectivity index (χ4n) is 6.94. The molecule has 3 aliphatic rings. The standard InChI is InChI=1S/C34H25ClN2O4/c1-41-22-11-8-10-21(19-22)30(38)29-28(31(39)24-13-4-6-15-26(24)35)34(25-14-5-7-16-27(25)36-33(34)40)32-23-12-3-2-9-20(23)17-18-37(29)32/h2-19,28-29,32H,1H3,(H,36,40)/t28-,29-,32-,34+/m1/s1. The van der Waals surface area contributed by atoms with Crippen LogP contribution in [0.1, 0.15) is 43.4 Å². The molecule has 0 unspecified atom stereocenters. The van der Waals surface area contributed by atoms with Crippen molar-refractivity contribution in [3.63, 3.8) is 0 Å². The third-order valence-electron chi connectivity index (χ3n) is 8.62. The number of halogens is 1. The number of carbonyl (C=O) groups excluding carboxylic acids is 3. The van der Waals surface area contributed by atoms with Gasteiger partial charge in [-0.25, -0.2) is 0 Å². The Labute approximate surface area is 242 Å². The molecule has 7 rings (SSSR count). The summed E-state index contributed by atoms with van der Waals surface area (Å²) in [5.41, 5.74) is 2.39. The van der Waals surface area contributed by atoms with Crippen LogP contribution >= 0.6 is 11.6 Å². The molecule has 0 saturated carbocycles. The van der Waals surface area contributed by atoms with Gasteiger partial charge in [-0.1, -0.05) is 78.3 Å². The molecule has 3 heterocycles. The molecule has 0 aliphatic carbocycles. The summed E-state index contributed by atoms with van der Waals surface area (Å²) < 4.78 is 5.41. The van der Waals surface area contributed by atoms with Gasteiger partial charge in [0.25, 0.3) is 0 Å². The fourth-order valence-corrected chi connectivity index (χ4v) is 7.17. The van der Waals surface area contributed by atoms with Gasteiger partial charge in [0.15, 0.2) is 11.6 Å². The molecule has 1 amide bonds. The second-order valence-electron chi connectivity index (χ2n) is 10.5. The molecule has 6 nitrogen and oxygen atoms in total. The number of carbonyl (C=O) groups is 3. The first kappa shape index (κ1) is 25.3. The molecule has 41 heavy (non-hydrogen) atoms. The zero-order chi connectivity index (χ0) is 28.3. The van der Waals surface area contributed by atoms with Gasteiger partial charge in [0.05, 0.1) is 24.1 Å². The predicted octanol–water partition coefficient (Wildman–Crippen LogP) is 6.33. The number of para-hydroxylation sites is 1. The number of ketones is 2. The van der Waals surface area contributed by atoms with Gasteiger partial charge in [-0.2, -0.15) is 0 Å². The minimum absolute atomic E-state index is 0.271. The van der Waals surface area contributed by atoms with E-state index in [2.05, 4.69) is 5.32 Å². The average Bonchev–Trinajstić information content (AvgIpc) is 3.49. The molecule has 3 aliphatic heterocycles. The van der Waals surface area contributed by atoms with E-state index >= 15 is 0 Å².